The van der Waals surface area contributed by atoms with Gasteiger partial charge in [0, 0.05) is 81.0 Å². The molecule has 3 N–H and O–H groups in total. The molecule has 12 nitrogen and oxygen atoms in total. The Hall–Kier alpha value is -3.31. The van der Waals surface area contributed by atoms with Gasteiger partial charge >= 0.3 is 0 Å². The third-order valence-corrected chi connectivity index (χ3v) is 10.7. The van der Waals surface area contributed by atoms with Crippen molar-refractivity contribution < 1.29 is 9.26 Å². The lowest BCUT2D eigenvalue weighted by Gasteiger charge is -2.33. The van der Waals surface area contributed by atoms with Crippen molar-refractivity contribution in [1.82, 2.24) is 30.3 Å². The molecule has 0 saturated carbocycles. The molecule has 3 fully saturated rings. The van der Waals surface area contributed by atoms with Crippen LogP contribution in [0.25, 0.3) is 11.5 Å². The van der Waals surface area contributed by atoms with Gasteiger partial charge in [-0.25, -0.2) is 4.98 Å². The molecule has 3 aliphatic heterocycles. The lowest BCUT2D eigenvalue weighted by molar-refractivity contribution is 0.144. The fourth-order valence-electron chi connectivity index (χ4n) is 7.21. The highest BCUT2D eigenvalue weighted by atomic mass is 32.1. The Morgan fingerprint density at radius 2 is 2.02 bits per heavy atom. The summed E-state index contributed by atoms with van der Waals surface area (Å²) in [6, 6.07) is 5.06. The summed E-state index contributed by atoms with van der Waals surface area (Å²) in [5.74, 6) is 2.53. The van der Waals surface area contributed by atoms with Gasteiger partial charge in [-0.05, 0) is 46.0 Å². The highest BCUT2D eigenvalue weighted by Crippen LogP contribution is 2.48. The Morgan fingerprint density at radius 3 is 2.81 bits per heavy atom. The molecule has 13 heteroatoms. The van der Waals surface area contributed by atoms with Crippen LogP contribution in [0.5, 0.6) is 0 Å². The Labute approximate surface area is 256 Å². The quantitative estimate of drug-likeness (QED) is 0.442. The summed E-state index contributed by atoms with van der Waals surface area (Å²) >= 11 is 1.51. The number of thiophene rings is 1. The molecule has 0 amide bonds. The normalized spacial score (nSPS) is 26.7. The highest BCUT2D eigenvalue weighted by Gasteiger charge is 2.43. The molecule has 0 radical (unpaired) electrons. The monoisotopic (exact) mass is 604 g/mol. The van der Waals surface area contributed by atoms with Crippen molar-refractivity contribution >= 4 is 28.1 Å². The molecule has 4 aliphatic rings. The Balaban J connectivity index is 1.24. The zero-order valence-electron chi connectivity index (χ0n) is 25.0. The molecule has 0 spiro atoms. The molecule has 7 rings (SSSR count). The van der Waals surface area contributed by atoms with Crippen molar-refractivity contribution in [1.29, 1.82) is 5.26 Å². The van der Waals surface area contributed by atoms with Gasteiger partial charge in [0.15, 0.2) is 0 Å². The number of nitrogen functional groups attached to an aromatic ring is 1. The van der Waals surface area contributed by atoms with Gasteiger partial charge in [-0.3, -0.25) is 4.90 Å². The fourth-order valence-corrected chi connectivity index (χ4v) is 8.41. The number of nitrogens with two attached hydrogens (primary N) is 1. The maximum absolute atomic E-state index is 9.92. The van der Waals surface area contributed by atoms with Crippen molar-refractivity contribution in [2.24, 2.45) is 0 Å². The van der Waals surface area contributed by atoms with Gasteiger partial charge < -0.3 is 30.1 Å². The SMILES string of the molecule is C[C@H]1CN(C2CCOC2)CCCN1c1nc(-c2noc([C@@]3(C)CCCc4sc(N)c(C#N)c43)n2)cc(N2CCNCC2)n1. The van der Waals surface area contributed by atoms with Crippen LogP contribution in [-0.2, 0) is 16.6 Å². The van der Waals surface area contributed by atoms with Gasteiger partial charge in [0.2, 0.25) is 17.7 Å². The number of anilines is 3. The Kier molecular flexibility index (Phi) is 7.71. The maximum atomic E-state index is 9.92. The summed E-state index contributed by atoms with van der Waals surface area (Å²) in [5, 5.41) is 18.4. The first-order valence-electron chi connectivity index (χ1n) is 15.5. The van der Waals surface area contributed by atoms with Crippen LogP contribution in [-0.4, -0.2) is 96.1 Å². The van der Waals surface area contributed by atoms with E-state index in [2.05, 4.69) is 45.1 Å². The molecular weight excluding hydrogens is 564 g/mol. The van der Waals surface area contributed by atoms with Gasteiger partial charge in [0.1, 0.15) is 22.6 Å². The summed E-state index contributed by atoms with van der Waals surface area (Å²) in [4.78, 5) is 23.5. The first-order valence-corrected chi connectivity index (χ1v) is 16.4. The van der Waals surface area contributed by atoms with Crippen LogP contribution in [0.3, 0.4) is 0 Å². The topological polar surface area (TPSA) is 145 Å². The predicted molar refractivity (Wildman–Crippen MR) is 165 cm³/mol. The number of ether oxygens (including phenoxy) is 1. The second-order valence-corrected chi connectivity index (χ2v) is 13.6. The number of piperazine rings is 1. The van der Waals surface area contributed by atoms with Gasteiger partial charge in [-0.15, -0.1) is 11.3 Å². The van der Waals surface area contributed by atoms with Crippen molar-refractivity contribution in [2.45, 2.75) is 63.5 Å². The minimum Gasteiger partial charge on any atom is -0.389 e. The van der Waals surface area contributed by atoms with Crippen LogP contribution < -0.4 is 20.9 Å². The smallest absolute Gasteiger partial charge is 0.237 e. The minimum absolute atomic E-state index is 0.239. The first-order chi connectivity index (χ1) is 20.9. The Morgan fingerprint density at radius 1 is 1.16 bits per heavy atom. The first kappa shape index (κ1) is 28.5. The number of hydrogen-bond donors (Lipinski definition) is 2. The van der Waals surface area contributed by atoms with Gasteiger partial charge in [0.05, 0.1) is 17.6 Å². The lowest BCUT2D eigenvalue weighted by Crippen LogP contribution is -2.45. The standard InChI is InChI=1S/C30H40N10O2S/c1-19-17-39(20-6-14-41-18-20)10-4-11-40(19)29-34-22(15-24(35-29)38-12-8-33-9-13-38)27-36-28(42-37-27)30(2)7-3-5-23-25(30)21(16-31)26(32)43-23/h15,19-20,33H,3-14,17-18,32H2,1-2H3/t19-,20?,30-/m0/s1. The van der Waals surface area contributed by atoms with Crippen LogP contribution in [0.15, 0.2) is 10.6 Å². The third-order valence-electron chi connectivity index (χ3n) is 9.58. The summed E-state index contributed by atoms with van der Waals surface area (Å²) in [6.07, 6.45) is 4.82. The molecule has 3 aromatic rings. The van der Waals surface area contributed by atoms with E-state index in [4.69, 9.17) is 29.9 Å². The van der Waals surface area contributed by atoms with Crippen LogP contribution >= 0.6 is 11.3 Å². The van der Waals surface area contributed by atoms with E-state index >= 15 is 0 Å². The van der Waals surface area contributed by atoms with Crippen LogP contribution in [0.2, 0.25) is 0 Å². The van der Waals surface area contributed by atoms with Crippen molar-refractivity contribution in [2.75, 3.05) is 74.6 Å². The molecule has 1 aliphatic carbocycles. The van der Waals surface area contributed by atoms with E-state index in [1.807, 2.05) is 6.07 Å². The molecule has 3 atom stereocenters. The number of rotatable bonds is 5. The number of nitrogens with one attached hydrogen (secondary N) is 1. The summed E-state index contributed by atoms with van der Waals surface area (Å²) in [5.41, 5.74) is 7.81. The molecule has 0 aromatic carbocycles. The predicted octanol–water partition coefficient (Wildman–Crippen LogP) is 2.78. The van der Waals surface area contributed by atoms with E-state index in [-0.39, 0.29) is 6.04 Å². The van der Waals surface area contributed by atoms with E-state index in [1.54, 1.807) is 0 Å². The van der Waals surface area contributed by atoms with Crippen LogP contribution in [0, 0.1) is 11.3 Å². The largest absolute Gasteiger partial charge is 0.389 e. The number of nitrogens with zero attached hydrogens (tertiary/aromatic N) is 8. The zero-order chi connectivity index (χ0) is 29.6. The number of hydrogen-bond acceptors (Lipinski definition) is 13. The van der Waals surface area contributed by atoms with Crippen molar-refractivity contribution in [3.63, 3.8) is 0 Å². The number of aryl methyl sites for hydroxylation is 1. The molecule has 228 valence electrons. The van der Waals surface area contributed by atoms with Gasteiger partial charge in [-0.2, -0.15) is 15.2 Å². The van der Waals surface area contributed by atoms with E-state index < -0.39 is 5.41 Å². The van der Waals surface area contributed by atoms with Gasteiger partial charge in [0.25, 0.3) is 0 Å². The van der Waals surface area contributed by atoms with E-state index in [0.29, 0.717) is 40.0 Å². The molecular formula is C30H40N10O2S. The number of nitriles is 1. The zero-order valence-corrected chi connectivity index (χ0v) is 25.8. The molecule has 3 aromatic heterocycles. The summed E-state index contributed by atoms with van der Waals surface area (Å²) in [6.45, 7) is 12.5. The second-order valence-electron chi connectivity index (χ2n) is 12.4. The summed E-state index contributed by atoms with van der Waals surface area (Å²) < 4.78 is 11.7. The molecule has 0 bridgehead atoms. The average molecular weight is 605 g/mol. The summed E-state index contributed by atoms with van der Waals surface area (Å²) in [7, 11) is 0. The third kappa shape index (κ3) is 5.24. The second kappa shape index (κ2) is 11.6. The Bertz CT molecular complexity index is 1500. The molecule has 3 saturated heterocycles. The van der Waals surface area contributed by atoms with E-state index in [9.17, 15) is 5.26 Å². The minimum atomic E-state index is -0.581. The highest BCUT2D eigenvalue weighted by molar-refractivity contribution is 7.16. The average Bonchev–Trinajstić information content (AvgIpc) is 3.78. The fraction of sp³-hybridized carbons (Fsp3) is 0.633. The molecule has 43 heavy (non-hydrogen) atoms. The molecule has 1 unspecified atom stereocenters. The maximum Gasteiger partial charge on any atom is 0.237 e. The molecule has 6 heterocycles. The van der Waals surface area contributed by atoms with Crippen LogP contribution in [0.4, 0.5) is 16.8 Å². The lowest BCUT2D eigenvalue weighted by atomic mass is 9.72. The van der Waals surface area contributed by atoms with Crippen molar-refractivity contribution in [3.8, 4) is 17.6 Å². The van der Waals surface area contributed by atoms with Crippen LogP contribution in [0.1, 0.15) is 61.4 Å². The van der Waals surface area contributed by atoms with Crippen molar-refractivity contribution in [3.05, 3.63) is 28.0 Å². The van der Waals surface area contributed by atoms with Gasteiger partial charge in [-0.1, -0.05) is 5.16 Å². The van der Waals surface area contributed by atoms with E-state index in [0.717, 1.165) is 107 Å². The van der Waals surface area contributed by atoms with E-state index in [1.165, 1.54) is 11.3 Å². The number of aromatic nitrogens is 4. The number of fused-ring (bicyclic) bond motifs is 1.